The Kier molecular flexibility index (Phi) is 6.69. The van der Waals surface area contributed by atoms with Gasteiger partial charge < -0.3 is 30.2 Å². The number of methoxy groups -OCH3 is 3. The Hall–Kier alpha value is -1.99. The number of anilines is 1. The van der Waals surface area contributed by atoms with Gasteiger partial charge in [-0.25, -0.2) is 0 Å². The summed E-state index contributed by atoms with van der Waals surface area (Å²) >= 11 is 0. The van der Waals surface area contributed by atoms with Gasteiger partial charge >= 0.3 is 0 Å². The second-order valence-electron chi connectivity index (χ2n) is 5.87. The number of nitrogens with zero attached hydrogens (tertiary/aromatic N) is 1. The van der Waals surface area contributed by atoms with Crippen LogP contribution in [0.15, 0.2) is 18.2 Å². The largest absolute Gasteiger partial charge is 0.497 e. The van der Waals surface area contributed by atoms with Gasteiger partial charge in [0.05, 0.1) is 26.7 Å². The molecule has 7 heteroatoms. The highest BCUT2D eigenvalue weighted by molar-refractivity contribution is 5.77. The normalized spacial score (nSPS) is 18.3. The monoisotopic (exact) mass is 337 g/mol. The van der Waals surface area contributed by atoms with Gasteiger partial charge in [-0.1, -0.05) is 0 Å². The first-order valence-electron chi connectivity index (χ1n) is 8.09. The topological polar surface area (TPSA) is 86.1 Å². The summed E-state index contributed by atoms with van der Waals surface area (Å²) in [5.41, 5.74) is 6.58. The van der Waals surface area contributed by atoms with Crippen molar-refractivity contribution >= 4 is 11.6 Å². The Morgan fingerprint density at radius 3 is 2.50 bits per heavy atom. The number of carbonyl (C=O) groups excluding carboxylic acids is 1. The van der Waals surface area contributed by atoms with E-state index in [1.165, 1.54) is 0 Å². The van der Waals surface area contributed by atoms with Crippen LogP contribution in [0.4, 0.5) is 5.69 Å². The third-order valence-electron chi connectivity index (χ3n) is 4.26. The van der Waals surface area contributed by atoms with Gasteiger partial charge in [0, 0.05) is 56.7 Å². The molecule has 1 heterocycles. The highest BCUT2D eigenvalue weighted by Gasteiger charge is 2.25. The Bertz CT molecular complexity index is 526. The third-order valence-corrected chi connectivity index (χ3v) is 4.26. The van der Waals surface area contributed by atoms with Crippen molar-refractivity contribution in [2.24, 2.45) is 5.73 Å². The number of rotatable bonds is 8. The molecule has 0 aliphatic carbocycles. The number of amides is 1. The van der Waals surface area contributed by atoms with Gasteiger partial charge in [-0.05, 0) is 6.42 Å². The van der Waals surface area contributed by atoms with E-state index >= 15 is 0 Å². The predicted octanol–water partition coefficient (Wildman–Crippen LogP) is 0.763. The molecular weight excluding hydrogens is 310 g/mol. The Labute approximate surface area is 143 Å². The highest BCUT2D eigenvalue weighted by atomic mass is 16.5. The molecule has 1 amide bonds. The van der Waals surface area contributed by atoms with E-state index in [0.717, 1.165) is 36.7 Å². The lowest BCUT2D eigenvalue weighted by Crippen LogP contribution is -2.39. The van der Waals surface area contributed by atoms with Crippen LogP contribution in [0, 0.1) is 0 Å². The van der Waals surface area contributed by atoms with E-state index in [4.69, 9.17) is 19.9 Å². The first kappa shape index (κ1) is 18.4. The smallest absolute Gasteiger partial charge is 0.222 e. The maximum Gasteiger partial charge on any atom is 0.222 e. The van der Waals surface area contributed by atoms with Crippen LogP contribution in [-0.4, -0.2) is 59.0 Å². The standard InChI is InChI=1S/C17H27N3O4/c1-22-14-6-13(7-15(8-14)23-2)20-5-4-12(11-20)19-17(21)9-16(10-18)24-3/h6-8,12,16H,4-5,9-11,18H2,1-3H3,(H,19,21). The van der Waals surface area contributed by atoms with Crippen molar-refractivity contribution < 1.29 is 19.0 Å². The van der Waals surface area contributed by atoms with Gasteiger partial charge in [-0.15, -0.1) is 0 Å². The molecule has 1 aromatic rings. The first-order valence-corrected chi connectivity index (χ1v) is 8.09. The van der Waals surface area contributed by atoms with E-state index in [1.807, 2.05) is 18.2 Å². The van der Waals surface area contributed by atoms with Gasteiger partial charge in [-0.2, -0.15) is 0 Å². The molecule has 134 valence electrons. The fraction of sp³-hybridized carbons (Fsp3) is 0.588. The molecule has 1 aliphatic heterocycles. The summed E-state index contributed by atoms with van der Waals surface area (Å²) in [5, 5.41) is 3.06. The van der Waals surface area contributed by atoms with E-state index < -0.39 is 0 Å². The molecule has 2 unspecified atom stereocenters. The molecule has 1 saturated heterocycles. The van der Waals surface area contributed by atoms with Gasteiger partial charge in [0.25, 0.3) is 0 Å². The molecule has 0 saturated carbocycles. The summed E-state index contributed by atoms with van der Waals surface area (Å²) in [4.78, 5) is 14.3. The number of hydrogen-bond donors (Lipinski definition) is 2. The van der Waals surface area contributed by atoms with Crippen molar-refractivity contribution in [3.8, 4) is 11.5 Å². The van der Waals surface area contributed by atoms with E-state index in [1.54, 1.807) is 21.3 Å². The Morgan fingerprint density at radius 1 is 1.29 bits per heavy atom. The summed E-state index contributed by atoms with van der Waals surface area (Å²) in [7, 11) is 4.84. The van der Waals surface area contributed by atoms with Crippen LogP contribution in [0.3, 0.4) is 0 Å². The van der Waals surface area contributed by atoms with Crippen molar-refractivity contribution in [1.29, 1.82) is 0 Å². The lowest BCUT2D eigenvalue weighted by atomic mass is 10.2. The number of nitrogens with two attached hydrogens (primary N) is 1. The minimum atomic E-state index is -0.231. The number of benzene rings is 1. The fourth-order valence-electron chi connectivity index (χ4n) is 2.84. The third kappa shape index (κ3) is 4.75. The lowest BCUT2D eigenvalue weighted by Gasteiger charge is -2.21. The van der Waals surface area contributed by atoms with E-state index in [2.05, 4.69) is 10.2 Å². The SMILES string of the molecule is COc1cc(OC)cc(N2CCC(NC(=O)CC(CN)OC)C2)c1. The Balaban J connectivity index is 1.94. The van der Waals surface area contributed by atoms with Crippen LogP contribution in [0.2, 0.25) is 0 Å². The molecule has 24 heavy (non-hydrogen) atoms. The number of carbonyl (C=O) groups is 1. The summed E-state index contributed by atoms with van der Waals surface area (Å²) in [6, 6.07) is 5.91. The van der Waals surface area contributed by atoms with Crippen molar-refractivity contribution in [2.45, 2.75) is 25.0 Å². The van der Waals surface area contributed by atoms with E-state index in [9.17, 15) is 4.79 Å². The molecule has 2 rings (SSSR count). The van der Waals surface area contributed by atoms with Crippen molar-refractivity contribution in [3.63, 3.8) is 0 Å². The predicted molar refractivity (Wildman–Crippen MR) is 92.8 cm³/mol. The molecule has 0 aromatic heterocycles. The van der Waals surface area contributed by atoms with Crippen LogP contribution in [-0.2, 0) is 9.53 Å². The lowest BCUT2D eigenvalue weighted by molar-refractivity contribution is -0.123. The van der Waals surface area contributed by atoms with Crippen molar-refractivity contribution in [1.82, 2.24) is 5.32 Å². The molecule has 1 aliphatic rings. The molecule has 0 radical (unpaired) electrons. The minimum absolute atomic E-state index is 0.0256. The summed E-state index contributed by atoms with van der Waals surface area (Å²) < 4.78 is 15.8. The van der Waals surface area contributed by atoms with Gasteiger partial charge in [0.15, 0.2) is 0 Å². The molecule has 7 nitrogen and oxygen atoms in total. The molecule has 0 spiro atoms. The zero-order chi connectivity index (χ0) is 17.5. The number of ether oxygens (including phenoxy) is 3. The van der Waals surface area contributed by atoms with Crippen LogP contribution in [0.5, 0.6) is 11.5 Å². The van der Waals surface area contributed by atoms with E-state index in [0.29, 0.717) is 6.54 Å². The van der Waals surface area contributed by atoms with Gasteiger partial charge in [0.1, 0.15) is 11.5 Å². The fourth-order valence-corrected chi connectivity index (χ4v) is 2.84. The highest BCUT2D eigenvalue weighted by Crippen LogP contribution is 2.30. The van der Waals surface area contributed by atoms with Gasteiger partial charge in [0.2, 0.25) is 5.91 Å². The average molecular weight is 337 g/mol. The molecule has 0 bridgehead atoms. The van der Waals surface area contributed by atoms with Crippen LogP contribution in [0.1, 0.15) is 12.8 Å². The maximum atomic E-state index is 12.1. The van der Waals surface area contributed by atoms with Crippen LogP contribution >= 0.6 is 0 Å². The summed E-state index contributed by atoms with van der Waals surface area (Å²) in [6.45, 7) is 1.96. The zero-order valence-electron chi connectivity index (χ0n) is 14.6. The quantitative estimate of drug-likeness (QED) is 0.728. The second kappa shape index (κ2) is 8.75. The molecule has 2 atom stereocenters. The average Bonchev–Trinajstić information content (AvgIpc) is 3.07. The number of hydrogen-bond acceptors (Lipinski definition) is 6. The maximum absolute atomic E-state index is 12.1. The molecular formula is C17H27N3O4. The summed E-state index contributed by atoms with van der Waals surface area (Å²) in [5.74, 6) is 1.48. The first-order chi connectivity index (χ1) is 11.6. The van der Waals surface area contributed by atoms with Crippen molar-refractivity contribution in [2.75, 3.05) is 45.9 Å². The molecule has 1 fully saturated rings. The molecule has 1 aromatic carbocycles. The number of nitrogens with one attached hydrogen (secondary N) is 1. The Morgan fingerprint density at radius 2 is 1.96 bits per heavy atom. The van der Waals surface area contributed by atoms with Crippen molar-refractivity contribution in [3.05, 3.63) is 18.2 Å². The summed E-state index contributed by atoms with van der Waals surface area (Å²) in [6.07, 6.45) is 0.951. The van der Waals surface area contributed by atoms with Gasteiger partial charge in [-0.3, -0.25) is 4.79 Å². The van der Waals surface area contributed by atoms with E-state index in [-0.39, 0.29) is 24.5 Å². The van der Waals surface area contributed by atoms with Crippen LogP contribution in [0.25, 0.3) is 0 Å². The zero-order valence-corrected chi connectivity index (χ0v) is 14.6. The van der Waals surface area contributed by atoms with Crippen LogP contribution < -0.4 is 25.4 Å². The second-order valence-corrected chi connectivity index (χ2v) is 5.87. The minimum Gasteiger partial charge on any atom is -0.497 e. The molecule has 3 N–H and O–H groups in total.